The SMILES string of the molecule is CC(=O)C[C@@H](CC(C)C)C(=O)N[C@@H](CCCCN)C(N)=O.CC(=O)C[C@@H](CC(C)C)C(=O)N[C@@H](CCCN)C(C)=O.CC(=O)C[C@@H](CO)C(=O)N[C@@H](CCCCN)C(C)=O.S.S.S.S. The van der Waals surface area contributed by atoms with Gasteiger partial charge in [0.2, 0.25) is 23.6 Å². The highest BCUT2D eigenvalue weighted by atomic mass is 32.1. The van der Waals surface area contributed by atoms with Crippen LogP contribution in [0.15, 0.2) is 0 Å². The summed E-state index contributed by atoms with van der Waals surface area (Å²) >= 11 is 0. The molecule has 0 bridgehead atoms. The fourth-order valence-corrected chi connectivity index (χ4v) is 6.20. The van der Waals surface area contributed by atoms with Crippen molar-refractivity contribution in [2.75, 3.05) is 26.2 Å². The number of ketones is 5. The largest absolute Gasteiger partial charge is 0.396 e. The summed E-state index contributed by atoms with van der Waals surface area (Å²) in [5, 5.41) is 17.1. The van der Waals surface area contributed by atoms with E-state index < -0.39 is 48.4 Å². The van der Waals surface area contributed by atoms with Crippen molar-refractivity contribution < 1.29 is 48.3 Å². The molecule has 0 aromatic carbocycles. The van der Waals surface area contributed by atoms with Gasteiger partial charge in [-0.1, -0.05) is 27.7 Å². The maximum Gasteiger partial charge on any atom is 0.239 e. The highest BCUT2D eigenvalue weighted by Gasteiger charge is 2.27. The Balaban J connectivity index is -0.000000148. The van der Waals surface area contributed by atoms with Gasteiger partial charge in [0.1, 0.15) is 23.4 Å². The van der Waals surface area contributed by atoms with Crippen LogP contribution in [0, 0.1) is 29.6 Å². The molecule has 0 saturated carbocycles. The molecule has 0 fully saturated rings. The number of carbonyl (C=O) groups excluding carboxylic acids is 9. The number of nitrogens with two attached hydrogens (primary N) is 4. The summed E-state index contributed by atoms with van der Waals surface area (Å²) in [5.74, 6) is -2.81. The molecule has 21 heteroatoms. The summed E-state index contributed by atoms with van der Waals surface area (Å²) in [6.07, 6.45) is 6.94. The zero-order valence-electron chi connectivity index (χ0n) is 40.1. The van der Waals surface area contributed by atoms with E-state index >= 15 is 0 Å². The molecule has 0 rings (SSSR count). The van der Waals surface area contributed by atoms with Crippen LogP contribution < -0.4 is 38.9 Å². The van der Waals surface area contributed by atoms with E-state index in [1.54, 1.807) is 0 Å². The minimum absolute atomic E-state index is 0. The molecule has 64 heavy (non-hydrogen) atoms. The summed E-state index contributed by atoms with van der Waals surface area (Å²) in [6, 6.07) is -1.75. The van der Waals surface area contributed by atoms with Crippen LogP contribution in [0.2, 0.25) is 0 Å². The van der Waals surface area contributed by atoms with Gasteiger partial charge in [-0.15, -0.1) is 0 Å². The molecule has 0 aromatic rings. The van der Waals surface area contributed by atoms with Crippen molar-refractivity contribution in [1.29, 1.82) is 0 Å². The predicted octanol–water partition coefficient (Wildman–Crippen LogP) is 2.40. The van der Waals surface area contributed by atoms with Crippen molar-refractivity contribution in [2.24, 2.45) is 52.5 Å². The normalized spacial score (nSPS) is 12.9. The van der Waals surface area contributed by atoms with Crippen molar-refractivity contribution >= 4 is 107 Å². The summed E-state index contributed by atoms with van der Waals surface area (Å²) in [6.45, 7) is 16.4. The Morgan fingerprint density at radius 3 is 1.00 bits per heavy atom. The van der Waals surface area contributed by atoms with Crippen LogP contribution in [0.25, 0.3) is 0 Å². The van der Waals surface area contributed by atoms with Gasteiger partial charge in [-0.2, -0.15) is 54.0 Å². The standard InChI is InChI=1S/C15H29N3O3.C15H28N2O3.C13H24N2O4.4H2S/c1-10(2)8-12(9-11(3)19)15(21)18-13(14(17)20)6-4-5-7-16;1-10(2)8-13(9-11(3)18)15(20)17-14(12(4)19)6-5-7-16;1-9(17)7-11(8-16)13(19)15-12(10(2)18)5-3-4-6-14;;;;/h10,12-13H,4-9,16H2,1-3H3,(H2,17,20)(H,18,21);10,13-14H,5-9,16H2,1-4H3,(H,17,20);11-12,16H,3-8,14H2,1-2H3,(H,15,19);4*1H2/t12-,13+;13-,14+;11-,12-;;;;/m110..../s1. The lowest BCUT2D eigenvalue weighted by Gasteiger charge is -2.21. The van der Waals surface area contributed by atoms with Gasteiger partial charge >= 0.3 is 0 Å². The van der Waals surface area contributed by atoms with Gasteiger partial charge in [0.15, 0.2) is 11.6 Å². The van der Waals surface area contributed by atoms with E-state index in [9.17, 15) is 43.2 Å². The van der Waals surface area contributed by atoms with Gasteiger partial charge in [-0.25, -0.2) is 0 Å². The Hall–Kier alpha value is -2.53. The quantitative estimate of drug-likeness (QED) is 0.0464. The number of primary amides is 1. The smallest absolute Gasteiger partial charge is 0.239 e. The fourth-order valence-electron chi connectivity index (χ4n) is 6.20. The molecule has 4 amide bonds. The minimum Gasteiger partial charge on any atom is -0.396 e. The number of rotatable bonds is 31. The molecule has 12 N–H and O–H groups in total. The average molecular weight is 992 g/mol. The van der Waals surface area contributed by atoms with Gasteiger partial charge in [0.05, 0.1) is 24.6 Å². The average Bonchev–Trinajstić information content (AvgIpc) is 3.13. The second-order valence-electron chi connectivity index (χ2n) is 16.6. The summed E-state index contributed by atoms with van der Waals surface area (Å²) in [4.78, 5) is 104. The Labute approximate surface area is 411 Å². The fraction of sp³-hybridized carbons (Fsp3) is 0.791. The molecule has 0 aliphatic heterocycles. The molecule has 6 atom stereocenters. The van der Waals surface area contributed by atoms with Crippen LogP contribution in [0.1, 0.15) is 146 Å². The maximum absolute atomic E-state index is 12.3. The lowest BCUT2D eigenvalue weighted by molar-refractivity contribution is -0.132. The van der Waals surface area contributed by atoms with E-state index in [1.807, 2.05) is 27.7 Å². The van der Waals surface area contributed by atoms with Gasteiger partial charge < -0.3 is 58.4 Å². The molecule has 0 aromatic heterocycles. The lowest BCUT2D eigenvalue weighted by Crippen LogP contribution is -2.47. The van der Waals surface area contributed by atoms with E-state index in [-0.39, 0.29) is 120 Å². The van der Waals surface area contributed by atoms with Crippen LogP contribution in [0.4, 0.5) is 0 Å². The van der Waals surface area contributed by atoms with Crippen molar-refractivity contribution in [3.8, 4) is 0 Å². The third-order valence-corrected chi connectivity index (χ3v) is 9.31. The lowest BCUT2D eigenvalue weighted by atomic mass is 9.91. The van der Waals surface area contributed by atoms with E-state index in [4.69, 9.17) is 28.0 Å². The van der Waals surface area contributed by atoms with Crippen molar-refractivity contribution in [3.63, 3.8) is 0 Å². The number of nitrogens with one attached hydrogen (secondary N) is 3. The third-order valence-electron chi connectivity index (χ3n) is 9.31. The first-order valence-corrected chi connectivity index (χ1v) is 21.4. The van der Waals surface area contributed by atoms with Crippen LogP contribution in [0.3, 0.4) is 0 Å². The second kappa shape index (κ2) is 45.6. The topological polar surface area (TPSA) is 314 Å². The van der Waals surface area contributed by atoms with E-state index in [1.165, 1.54) is 34.6 Å². The molecule has 0 aliphatic rings. The van der Waals surface area contributed by atoms with E-state index in [0.29, 0.717) is 70.0 Å². The molecule has 0 heterocycles. The molecular formula is C43H89N7O10S4. The van der Waals surface area contributed by atoms with Gasteiger partial charge in [0.25, 0.3) is 0 Å². The molecule has 0 saturated heterocycles. The van der Waals surface area contributed by atoms with Crippen LogP contribution in [-0.4, -0.2) is 102 Å². The highest BCUT2D eigenvalue weighted by Crippen LogP contribution is 2.18. The maximum atomic E-state index is 12.3. The zero-order chi connectivity index (χ0) is 47.0. The van der Waals surface area contributed by atoms with Crippen molar-refractivity contribution in [1.82, 2.24) is 16.0 Å². The predicted molar refractivity (Wildman–Crippen MR) is 274 cm³/mol. The molecular weight excluding hydrogens is 903 g/mol. The number of hydrogen-bond acceptors (Lipinski definition) is 13. The van der Waals surface area contributed by atoms with Gasteiger partial charge in [-0.3, -0.25) is 28.8 Å². The molecule has 0 unspecified atom stereocenters. The molecule has 0 radical (unpaired) electrons. The number of aliphatic hydroxyl groups is 1. The van der Waals surface area contributed by atoms with E-state index in [2.05, 4.69) is 16.0 Å². The molecule has 17 nitrogen and oxygen atoms in total. The third kappa shape index (κ3) is 42.1. The first-order valence-electron chi connectivity index (χ1n) is 21.4. The first kappa shape index (κ1) is 75.8. The van der Waals surface area contributed by atoms with Crippen LogP contribution in [0.5, 0.6) is 0 Å². The Morgan fingerprint density at radius 2 is 0.734 bits per heavy atom. The number of aliphatic hydroxyl groups excluding tert-OH is 1. The van der Waals surface area contributed by atoms with Crippen LogP contribution >= 0.6 is 54.0 Å². The van der Waals surface area contributed by atoms with Crippen molar-refractivity contribution in [2.45, 2.75) is 164 Å². The Morgan fingerprint density at radius 1 is 0.453 bits per heavy atom. The molecule has 0 spiro atoms. The number of unbranched alkanes of at least 4 members (excludes halogenated alkanes) is 2. The second-order valence-corrected chi connectivity index (χ2v) is 16.6. The minimum atomic E-state index is -0.783. The number of amides is 4. The highest BCUT2D eigenvalue weighted by molar-refractivity contribution is 7.59. The summed E-state index contributed by atoms with van der Waals surface area (Å²) < 4.78 is 0. The van der Waals surface area contributed by atoms with Gasteiger partial charge in [0, 0.05) is 31.1 Å². The summed E-state index contributed by atoms with van der Waals surface area (Å²) in [7, 11) is 0. The zero-order valence-corrected chi connectivity index (χ0v) is 44.1. The van der Waals surface area contributed by atoms with Crippen LogP contribution in [-0.2, 0) is 43.2 Å². The first-order chi connectivity index (χ1) is 28.0. The number of carbonyl (C=O) groups is 9. The number of hydrogen-bond donors (Lipinski definition) is 8. The Kier molecular flexibility index (Phi) is 54.0. The van der Waals surface area contributed by atoms with Gasteiger partial charge in [-0.05, 0) is 130 Å². The molecule has 0 aliphatic carbocycles. The Bertz CT molecular complexity index is 1350. The van der Waals surface area contributed by atoms with Crippen molar-refractivity contribution in [3.05, 3.63) is 0 Å². The monoisotopic (exact) mass is 992 g/mol. The van der Waals surface area contributed by atoms with E-state index in [0.717, 1.165) is 25.7 Å². The molecule has 380 valence electrons. The summed E-state index contributed by atoms with van der Waals surface area (Å²) in [5.41, 5.74) is 21.5. The number of Topliss-reactive ketones (excluding diaryl/α,β-unsaturated/α-hetero) is 5.